The molecule has 0 bridgehead atoms. The molecule has 1 heterocycles. The molecule has 1 saturated heterocycles. The van der Waals surface area contributed by atoms with E-state index in [9.17, 15) is 25.9 Å². The molecule has 1 aliphatic rings. The predicted octanol–water partition coefficient (Wildman–Crippen LogP) is 0.472. The fourth-order valence-electron chi connectivity index (χ4n) is 2.07. The first-order valence-electron chi connectivity index (χ1n) is 10.9. The molecule has 0 amide bonds. The standard InChI is InChI=1S/C12H10O6S2.C4H8O2.2C3H9N/c13-19(14,15)11-5-1-9(2-6-11)10-3-7-12(8-4-10)20(16,17)18;1-2-6-4-3-5-1;2*1-2-3-4/h1-8H,(H,13,14,15)(H,16,17,18);1-4H2;2*2-4H2,1H3. The zero-order chi connectivity index (χ0) is 26.0. The SMILES string of the molecule is C1COCCO1.CCC[NH3+].CCC[NH3+].O=S(=O)([O-])c1ccc(-c2ccc(S(=O)(=O)[O-])cc2)cc1. The monoisotopic (exact) mass is 520 g/mol. The molecule has 2 aromatic rings. The smallest absolute Gasteiger partial charge is 0.124 e. The van der Waals surface area contributed by atoms with Crippen LogP contribution in [0.3, 0.4) is 0 Å². The summed E-state index contributed by atoms with van der Waals surface area (Å²) in [7, 11) is -9.00. The van der Waals surface area contributed by atoms with Crippen LogP contribution in [0, 0.1) is 0 Å². The molecule has 0 aliphatic carbocycles. The molecule has 10 nitrogen and oxygen atoms in total. The van der Waals surface area contributed by atoms with Crippen molar-refractivity contribution in [2.24, 2.45) is 0 Å². The Bertz CT molecular complexity index is 897. The van der Waals surface area contributed by atoms with Crippen molar-refractivity contribution in [3.8, 4) is 11.1 Å². The summed E-state index contributed by atoms with van der Waals surface area (Å²) in [4.78, 5) is -0.694. The van der Waals surface area contributed by atoms with Crippen LogP contribution in [0.15, 0.2) is 58.3 Å². The second-order valence-corrected chi connectivity index (χ2v) is 9.65. The molecule has 1 aliphatic heterocycles. The van der Waals surface area contributed by atoms with E-state index < -0.39 is 20.2 Å². The average molecular weight is 521 g/mol. The van der Waals surface area contributed by atoms with Crippen LogP contribution in [0.4, 0.5) is 0 Å². The van der Waals surface area contributed by atoms with Gasteiger partial charge < -0.3 is 30.0 Å². The number of rotatable bonds is 5. The molecule has 34 heavy (non-hydrogen) atoms. The summed E-state index contributed by atoms with van der Waals surface area (Å²) in [6.45, 7) is 9.49. The Morgan fingerprint density at radius 3 is 1.03 bits per heavy atom. The molecule has 1 fully saturated rings. The maximum absolute atomic E-state index is 10.8. The summed E-state index contributed by atoms with van der Waals surface area (Å²) in [5.41, 5.74) is 8.39. The zero-order valence-corrected chi connectivity index (χ0v) is 21.4. The molecule has 6 N–H and O–H groups in total. The van der Waals surface area contributed by atoms with Gasteiger partial charge in [-0.2, -0.15) is 0 Å². The number of ether oxygens (including phenoxy) is 2. The van der Waals surface area contributed by atoms with E-state index in [-0.39, 0.29) is 9.79 Å². The van der Waals surface area contributed by atoms with Crippen LogP contribution in [-0.2, 0) is 29.7 Å². The minimum atomic E-state index is -4.50. The molecule has 2 aromatic carbocycles. The second-order valence-electron chi connectivity index (χ2n) is 6.89. The molecule has 0 spiro atoms. The maximum Gasteiger partial charge on any atom is 0.124 e. The summed E-state index contributed by atoms with van der Waals surface area (Å²) >= 11 is 0. The van der Waals surface area contributed by atoms with Crippen molar-refractivity contribution in [2.75, 3.05) is 39.5 Å². The van der Waals surface area contributed by atoms with E-state index in [4.69, 9.17) is 9.47 Å². The van der Waals surface area contributed by atoms with Gasteiger partial charge in [0, 0.05) is 0 Å². The minimum Gasteiger partial charge on any atom is -0.744 e. The van der Waals surface area contributed by atoms with Crippen molar-refractivity contribution in [1.29, 1.82) is 0 Å². The van der Waals surface area contributed by atoms with Crippen molar-refractivity contribution in [3.63, 3.8) is 0 Å². The first-order valence-corrected chi connectivity index (χ1v) is 13.7. The predicted molar refractivity (Wildman–Crippen MR) is 126 cm³/mol. The normalized spacial score (nSPS) is 13.2. The lowest BCUT2D eigenvalue weighted by Crippen LogP contribution is -2.49. The van der Waals surface area contributed by atoms with Crippen LogP contribution in [0.1, 0.15) is 26.7 Å². The van der Waals surface area contributed by atoms with Gasteiger partial charge in [-0.1, -0.05) is 38.1 Å². The Hall–Kier alpha value is -1.90. The lowest BCUT2D eigenvalue weighted by atomic mass is 10.1. The maximum atomic E-state index is 10.8. The molecule has 0 aromatic heterocycles. The molecule has 0 atom stereocenters. The first-order chi connectivity index (χ1) is 16.0. The minimum absolute atomic E-state index is 0.347. The van der Waals surface area contributed by atoms with Crippen LogP contribution >= 0.6 is 0 Å². The van der Waals surface area contributed by atoms with Gasteiger partial charge in [-0.05, 0) is 48.2 Å². The van der Waals surface area contributed by atoms with E-state index in [0.717, 1.165) is 63.8 Å². The van der Waals surface area contributed by atoms with Gasteiger partial charge >= 0.3 is 0 Å². The van der Waals surface area contributed by atoms with E-state index in [1.165, 1.54) is 37.1 Å². The van der Waals surface area contributed by atoms with Crippen LogP contribution in [0.2, 0.25) is 0 Å². The van der Waals surface area contributed by atoms with Gasteiger partial charge in [0.2, 0.25) is 0 Å². The first kappa shape index (κ1) is 32.1. The molecular weight excluding hydrogens is 484 g/mol. The second kappa shape index (κ2) is 17.5. The highest BCUT2D eigenvalue weighted by Crippen LogP contribution is 2.22. The van der Waals surface area contributed by atoms with Crippen molar-refractivity contribution in [1.82, 2.24) is 0 Å². The van der Waals surface area contributed by atoms with Crippen molar-refractivity contribution < 1.29 is 46.9 Å². The highest BCUT2D eigenvalue weighted by molar-refractivity contribution is 7.86. The number of quaternary nitrogens is 2. The number of benzene rings is 2. The van der Waals surface area contributed by atoms with Crippen LogP contribution in [-0.4, -0.2) is 65.5 Å². The molecular formula is C22H36N2O8S2. The van der Waals surface area contributed by atoms with Crippen molar-refractivity contribution in [2.45, 2.75) is 36.5 Å². The van der Waals surface area contributed by atoms with E-state index in [2.05, 4.69) is 25.3 Å². The lowest BCUT2D eigenvalue weighted by molar-refractivity contribution is -0.367. The molecule has 12 heteroatoms. The summed E-state index contributed by atoms with van der Waals surface area (Å²) < 4.78 is 74.6. The molecule has 0 saturated carbocycles. The molecule has 0 radical (unpaired) electrons. The lowest BCUT2D eigenvalue weighted by Gasteiger charge is -2.09. The van der Waals surface area contributed by atoms with E-state index >= 15 is 0 Å². The Morgan fingerprint density at radius 2 is 0.882 bits per heavy atom. The molecule has 194 valence electrons. The van der Waals surface area contributed by atoms with Gasteiger partial charge in [-0.3, -0.25) is 0 Å². The topological polar surface area (TPSA) is 188 Å². The Kier molecular flexibility index (Phi) is 16.5. The Labute approximate surface area is 202 Å². The highest BCUT2D eigenvalue weighted by atomic mass is 32.2. The van der Waals surface area contributed by atoms with Gasteiger partial charge in [0.05, 0.1) is 49.3 Å². The average Bonchev–Trinajstić information content (AvgIpc) is 2.85. The summed E-state index contributed by atoms with van der Waals surface area (Å²) in [5, 5.41) is 0. The third-order valence-corrected chi connectivity index (χ3v) is 5.77. The quantitative estimate of drug-likeness (QED) is 0.532. The fourth-order valence-corrected chi connectivity index (χ4v) is 3.01. The Morgan fingerprint density at radius 1 is 0.647 bits per heavy atom. The van der Waals surface area contributed by atoms with E-state index in [0.29, 0.717) is 11.1 Å². The summed E-state index contributed by atoms with van der Waals surface area (Å²) in [6, 6.07) is 10.3. The van der Waals surface area contributed by atoms with Gasteiger partial charge in [-0.15, -0.1) is 0 Å². The van der Waals surface area contributed by atoms with Gasteiger partial charge in [-0.25, -0.2) is 16.8 Å². The molecule has 3 rings (SSSR count). The largest absolute Gasteiger partial charge is 0.744 e. The zero-order valence-electron chi connectivity index (χ0n) is 19.8. The van der Waals surface area contributed by atoms with Crippen LogP contribution in [0.25, 0.3) is 11.1 Å². The van der Waals surface area contributed by atoms with Crippen molar-refractivity contribution in [3.05, 3.63) is 48.5 Å². The fraction of sp³-hybridized carbons (Fsp3) is 0.455. The number of hydrogen-bond acceptors (Lipinski definition) is 8. The van der Waals surface area contributed by atoms with Crippen LogP contribution < -0.4 is 11.5 Å². The van der Waals surface area contributed by atoms with E-state index in [1.807, 2.05) is 0 Å². The third kappa shape index (κ3) is 14.4. The van der Waals surface area contributed by atoms with E-state index in [1.54, 1.807) is 0 Å². The Balaban J connectivity index is 0.000000632. The van der Waals surface area contributed by atoms with Gasteiger partial charge in [0.15, 0.2) is 0 Å². The molecule has 0 unspecified atom stereocenters. The van der Waals surface area contributed by atoms with Crippen molar-refractivity contribution >= 4 is 20.2 Å². The van der Waals surface area contributed by atoms with Crippen LogP contribution in [0.5, 0.6) is 0 Å². The van der Waals surface area contributed by atoms with Gasteiger partial charge in [0.25, 0.3) is 0 Å². The van der Waals surface area contributed by atoms with Gasteiger partial charge in [0.1, 0.15) is 20.2 Å². The summed E-state index contributed by atoms with van der Waals surface area (Å²) in [6.07, 6.45) is 2.42. The highest BCUT2D eigenvalue weighted by Gasteiger charge is 2.04. The summed E-state index contributed by atoms with van der Waals surface area (Å²) in [5.74, 6) is 0. The number of hydrogen-bond donors (Lipinski definition) is 2. The third-order valence-electron chi connectivity index (χ3n) is 4.07.